The number of aromatic nitrogens is 1. The maximum absolute atomic E-state index is 13.1. The third-order valence-electron chi connectivity index (χ3n) is 5.02. The molecule has 0 radical (unpaired) electrons. The number of fused-ring (bicyclic) bond motifs is 2. The van der Waals surface area contributed by atoms with Crippen LogP contribution in [0.25, 0.3) is 33.2 Å². The van der Waals surface area contributed by atoms with Gasteiger partial charge >= 0.3 is 6.18 Å². The zero-order valence-corrected chi connectivity index (χ0v) is 16.1. The lowest BCUT2D eigenvalue weighted by atomic mass is 10.00. The molecule has 30 heavy (non-hydrogen) atoms. The molecule has 9 heteroatoms. The number of thiophene rings is 1. The number of alkyl halides is 3. The molecule has 1 aliphatic carbocycles. The Morgan fingerprint density at radius 3 is 2.60 bits per heavy atom. The van der Waals surface area contributed by atoms with E-state index in [-0.39, 0.29) is 10.5 Å². The molecule has 0 fully saturated rings. The van der Waals surface area contributed by atoms with Crippen LogP contribution in [0.3, 0.4) is 0 Å². The number of nitrogens with two attached hydrogens (primary N) is 1. The van der Waals surface area contributed by atoms with E-state index in [1.807, 2.05) is 6.08 Å². The summed E-state index contributed by atoms with van der Waals surface area (Å²) >= 11 is 0.648. The molecule has 0 spiro atoms. The minimum Gasteiger partial charge on any atom is -0.465 e. The Morgan fingerprint density at radius 1 is 1.17 bits per heavy atom. The summed E-state index contributed by atoms with van der Waals surface area (Å²) in [5, 5.41) is 0.320. The molecule has 4 heterocycles. The van der Waals surface area contributed by atoms with E-state index in [0.29, 0.717) is 52.3 Å². The average Bonchev–Trinajstić information content (AvgIpc) is 3.48. The van der Waals surface area contributed by atoms with Gasteiger partial charge in [0.25, 0.3) is 5.78 Å². The van der Waals surface area contributed by atoms with Gasteiger partial charge in [-0.3, -0.25) is 4.79 Å². The normalized spacial score (nSPS) is 15.2. The second kappa shape index (κ2) is 6.60. The number of hydrogen-bond acceptors (Lipinski definition) is 6. The van der Waals surface area contributed by atoms with E-state index in [4.69, 9.17) is 14.6 Å². The quantitative estimate of drug-likeness (QED) is 0.405. The number of hydrogen-bond donors (Lipinski definition) is 1. The molecule has 152 valence electrons. The van der Waals surface area contributed by atoms with E-state index in [1.54, 1.807) is 30.5 Å². The number of allylic oxidation sites excluding steroid dienone is 1. The number of Topliss-reactive ketones (excluding diaryl/α,β-unsaturated/α-hetero) is 1. The molecule has 4 aromatic heterocycles. The molecule has 0 aliphatic heterocycles. The summed E-state index contributed by atoms with van der Waals surface area (Å²) < 4.78 is 50.2. The number of halogens is 3. The lowest BCUT2D eigenvalue weighted by molar-refractivity contribution is -0.0881. The van der Waals surface area contributed by atoms with Crippen molar-refractivity contribution in [2.24, 2.45) is 0 Å². The Balaban J connectivity index is 1.80. The van der Waals surface area contributed by atoms with Gasteiger partial charge in [-0.25, -0.2) is 4.98 Å². The van der Waals surface area contributed by atoms with E-state index in [0.717, 1.165) is 11.1 Å². The average molecular weight is 430 g/mol. The number of carbonyl (C=O) groups is 1. The van der Waals surface area contributed by atoms with Gasteiger partial charge in [0.05, 0.1) is 23.9 Å². The van der Waals surface area contributed by atoms with Crippen molar-refractivity contribution in [2.45, 2.75) is 19.0 Å². The maximum atomic E-state index is 13.1. The zero-order valence-electron chi connectivity index (χ0n) is 15.2. The third-order valence-corrected chi connectivity index (χ3v) is 6.12. The molecular weight excluding hydrogens is 417 g/mol. The van der Waals surface area contributed by atoms with Gasteiger partial charge in [-0.15, -0.1) is 11.3 Å². The lowest BCUT2D eigenvalue weighted by Gasteiger charge is -2.09. The number of pyridine rings is 1. The van der Waals surface area contributed by atoms with Crippen LogP contribution in [-0.4, -0.2) is 16.9 Å². The number of nitrogens with zero attached hydrogens (tertiary/aromatic N) is 1. The molecule has 0 aromatic carbocycles. The van der Waals surface area contributed by atoms with Crippen molar-refractivity contribution in [1.82, 2.24) is 4.98 Å². The van der Waals surface area contributed by atoms with Gasteiger partial charge in [0, 0.05) is 10.9 Å². The van der Waals surface area contributed by atoms with Gasteiger partial charge in [0.1, 0.15) is 21.2 Å². The molecule has 5 rings (SSSR count). The van der Waals surface area contributed by atoms with Crippen molar-refractivity contribution >= 4 is 44.7 Å². The number of ketones is 1. The molecule has 5 nitrogen and oxygen atoms in total. The SMILES string of the molecule is Nc1c(C(=O)C(F)(F)F)sc2nc3c(c(-c4ccco4)c12)CC/C3=C/c1ccco1. The predicted molar refractivity (Wildman–Crippen MR) is 107 cm³/mol. The summed E-state index contributed by atoms with van der Waals surface area (Å²) in [7, 11) is 0. The van der Waals surface area contributed by atoms with Crippen molar-refractivity contribution in [3.63, 3.8) is 0 Å². The fraction of sp³-hybridized carbons (Fsp3) is 0.143. The maximum Gasteiger partial charge on any atom is 0.455 e. The summed E-state index contributed by atoms with van der Waals surface area (Å²) in [5.74, 6) is -0.855. The molecule has 4 aromatic rings. The first-order valence-electron chi connectivity index (χ1n) is 8.99. The first-order chi connectivity index (χ1) is 14.3. The zero-order chi connectivity index (χ0) is 21.0. The smallest absolute Gasteiger partial charge is 0.455 e. The monoisotopic (exact) mass is 430 g/mol. The molecule has 0 saturated heterocycles. The fourth-order valence-corrected chi connectivity index (χ4v) is 4.82. The van der Waals surface area contributed by atoms with E-state index in [1.165, 1.54) is 6.26 Å². The van der Waals surface area contributed by atoms with E-state index >= 15 is 0 Å². The molecule has 0 atom stereocenters. The van der Waals surface area contributed by atoms with Crippen LogP contribution >= 0.6 is 11.3 Å². The van der Waals surface area contributed by atoms with Crippen molar-refractivity contribution in [3.05, 3.63) is 58.7 Å². The Kier molecular flexibility index (Phi) is 4.11. The highest BCUT2D eigenvalue weighted by molar-refractivity contribution is 7.21. The van der Waals surface area contributed by atoms with Crippen LogP contribution in [0.4, 0.5) is 18.9 Å². The number of rotatable bonds is 3. The van der Waals surface area contributed by atoms with Gasteiger partial charge in [0.15, 0.2) is 0 Å². The highest BCUT2D eigenvalue weighted by Crippen LogP contribution is 2.47. The standard InChI is InChI=1S/C21H13F3N2O3S/c22-21(23,24)19(27)18-16(25)15-14(13-4-2-8-29-13)12-6-5-10(9-11-3-1-7-28-11)17(12)26-20(15)30-18/h1-4,7-9H,5-6,25H2/b10-9-. The number of nitrogen functional groups attached to an aromatic ring is 1. The Hall–Kier alpha value is -3.33. The van der Waals surface area contributed by atoms with Crippen LogP contribution in [0.15, 0.2) is 45.6 Å². The van der Waals surface area contributed by atoms with E-state index < -0.39 is 16.8 Å². The fourth-order valence-electron chi connectivity index (χ4n) is 3.75. The number of anilines is 1. The van der Waals surface area contributed by atoms with Crippen LogP contribution in [0.2, 0.25) is 0 Å². The summed E-state index contributed by atoms with van der Waals surface area (Å²) in [6, 6.07) is 6.97. The summed E-state index contributed by atoms with van der Waals surface area (Å²) in [6.45, 7) is 0. The minimum absolute atomic E-state index is 0.220. The summed E-state index contributed by atoms with van der Waals surface area (Å²) in [6.07, 6.45) is 1.16. The Bertz CT molecular complexity index is 1300. The van der Waals surface area contributed by atoms with E-state index in [2.05, 4.69) is 4.98 Å². The second-order valence-electron chi connectivity index (χ2n) is 6.83. The first-order valence-corrected chi connectivity index (χ1v) is 9.81. The summed E-state index contributed by atoms with van der Waals surface area (Å²) in [4.78, 5) is 16.2. The molecular formula is C21H13F3N2O3S. The Labute approximate surface area is 171 Å². The first kappa shape index (κ1) is 18.7. The minimum atomic E-state index is -5.02. The van der Waals surface area contributed by atoms with E-state index in [9.17, 15) is 18.0 Å². The molecule has 0 bridgehead atoms. The van der Waals surface area contributed by atoms with Gasteiger partial charge in [-0.1, -0.05) is 0 Å². The van der Waals surface area contributed by atoms with Crippen molar-refractivity contribution in [2.75, 3.05) is 5.73 Å². The van der Waals surface area contributed by atoms with Crippen LogP contribution in [-0.2, 0) is 6.42 Å². The topological polar surface area (TPSA) is 82.3 Å². The molecule has 2 N–H and O–H groups in total. The molecule has 1 aliphatic rings. The molecule has 0 unspecified atom stereocenters. The van der Waals surface area contributed by atoms with Crippen LogP contribution in [0.5, 0.6) is 0 Å². The third kappa shape index (κ3) is 2.85. The number of furan rings is 2. The van der Waals surface area contributed by atoms with Gasteiger partial charge < -0.3 is 14.6 Å². The van der Waals surface area contributed by atoms with Gasteiger partial charge in [-0.05, 0) is 54.3 Å². The van der Waals surface area contributed by atoms with Gasteiger partial charge in [-0.2, -0.15) is 13.2 Å². The molecule has 0 amide bonds. The van der Waals surface area contributed by atoms with Crippen molar-refractivity contribution in [1.29, 1.82) is 0 Å². The second-order valence-corrected chi connectivity index (χ2v) is 7.83. The summed E-state index contributed by atoms with van der Waals surface area (Å²) in [5.41, 5.74) is 8.79. The highest BCUT2D eigenvalue weighted by Gasteiger charge is 2.42. The molecule has 0 saturated carbocycles. The predicted octanol–water partition coefficient (Wildman–Crippen LogP) is 5.96. The Morgan fingerprint density at radius 2 is 1.93 bits per heavy atom. The largest absolute Gasteiger partial charge is 0.465 e. The lowest BCUT2D eigenvalue weighted by Crippen LogP contribution is -2.22. The van der Waals surface area contributed by atoms with Crippen molar-refractivity contribution < 1.29 is 26.8 Å². The highest BCUT2D eigenvalue weighted by atomic mass is 32.1. The van der Waals surface area contributed by atoms with Gasteiger partial charge in [0.2, 0.25) is 0 Å². The van der Waals surface area contributed by atoms with Crippen LogP contribution < -0.4 is 5.73 Å². The van der Waals surface area contributed by atoms with Crippen molar-refractivity contribution in [3.8, 4) is 11.3 Å². The van der Waals surface area contributed by atoms with Crippen LogP contribution in [0.1, 0.15) is 33.1 Å². The number of carbonyl (C=O) groups excluding carboxylic acids is 1. The van der Waals surface area contributed by atoms with Crippen LogP contribution in [0, 0.1) is 0 Å².